The van der Waals surface area contributed by atoms with Crippen LogP contribution >= 0.6 is 0 Å². The molecule has 0 saturated carbocycles. The predicted molar refractivity (Wildman–Crippen MR) is 54.2 cm³/mol. The van der Waals surface area contributed by atoms with Crippen LogP contribution in [0.3, 0.4) is 0 Å². The lowest BCUT2D eigenvalue weighted by atomic mass is 10.1. The van der Waals surface area contributed by atoms with Gasteiger partial charge < -0.3 is 4.74 Å². The zero-order valence-electron chi connectivity index (χ0n) is 9.47. The van der Waals surface area contributed by atoms with E-state index in [9.17, 15) is 18.0 Å². The van der Waals surface area contributed by atoms with Crippen LogP contribution in [0.2, 0.25) is 0 Å². The van der Waals surface area contributed by atoms with Crippen molar-refractivity contribution in [3.05, 3.63) is 28.8 Å². The lowest BCUT2D eigenvalue weighted by Gasteiger charge is -2.08. The summed E-state index contributed by atoms with van der Waals surface area (Å²) in [7, 11) is 0. The fraction of sp³-hybridized carbons (Fsp3) is 0.455. The Labute approximate surface area is 96.6 Å². The lowest BCUT2D eigenvalue weighted by molar-refractivity contribution is -0.142. The van der Waals surface area contributed by atoms with Crippen LogP contribution in [-0.4, -0.2) is 17.6 Å². The Kier molecular flexibility index (Phi) is 4.48. The van der Waals surface area contributed by atoms with Crippen molar-refractivity contribution in [3.8, 4) is 0 Å². The fourth-order valence-electron chi connectivity index (χ4n) is 1.34. The third-order valence-electron chi connectivity index (χ3n) is 2.23. The maximum atomic E-state index is 13.6. The molecule has 0 aromatic carbocycles. The maximum absolute atomic E-state index is 13.6. The minimum absolute atomic E-state index is 0.175. The Bertz CT molecular complexity index is 421. The van der Waals surface area contributed by atoms with E-state index >= 15 is 0 Å². The molecule has 0 bridgehead atoms. The third-order valence-corrected chi connectivity index (χ3v) is 2.23. The van der Waals surface area contributed by atoms with Gasteiger partial charge in [0.2, 0.25) is 0 Å². The SMILES string of the molecule is CCOC(=O)Cc1ncc(C(F)F)c(C)c1F. The monoisotopic (exact) mass is 247 g/mol. The van der Waals surface area contributed by atoms with Gasteiger partial charge in [-0.3, -0.25) is 9.78 Å². The molecular formula is C11H12F3NO2. The van der Waals surface area contributed by atoms with Crippen LogP contribution < -0.4 is 0 Å². The summed E-state index contributed by atoms with van der Waals surface area (Å²) in [6, 6.07) is 0. The van der Waals surface area contributed by atoms with E-state index < -0.39 is 23.8 Å². The average Bonchev–Trinajstić information content (AvgIpc) is 2.25. The van der Waals surface area contributed by atoms with Gasteiger partial charge in [0.1, 0.15) is 5.82 Å². The molecule has 0 saturated heterocycles. The molecule has 94 valence electrons. The van der Waals surface area contributed by atoms with Crippen molar-refractivity contribution in [2.75, 3.05) is 6.61 Å². The second-order valence-corrected chi connectivity index (χ2v) is 3.38. The highest BCUT2D eigenvalue weighted by molar-refractivity contribution is 5.72. The molecule has 0 aliphatic heterocycles. The molecule has 0 radical (unpaired) electrons. The molecule has 0 amide bonds. The van der Waals surface area contributed by atoms with Crippen LogP contribution in [0.5, 0.6) is 0 Å². The molecule has 17 heavy (non-hydrogen) atoms. The summed E-state index contributed by atoms with van der Waals surface area (Å²) >= 11 is 0. The average molecular weight is 247 g/mol. The largest absolute Gasteiger partial charge is 0.466 e. The van der Waals surface area contributed by atoms with E-state index in [0.29, 0.717) is 0 Å². The highest BCUT2D eigenvalue weighted by Crippen LogP contribution is 2.24. The van der Waals surface area contributed by atoms with E-state index in [1.54, 1.807) is 6.92 Å². The lowest BCUT2D eigenvalue weighted by Crippen LogP contribution is -2.12. The Hall–Kier alpha value is -1.59. The molecule has 1 aromatic rings. The zero-order chi connectivity index (χ0) is 13.0. The number of aromatic nitrogens is 1. The molecule has 0 aliphatic rings. The number of hydrogen-bond acceptors (Lipinski definition) is 3. The second kappa shape index (κ2) is 5.65. The summed E-state index contributed by atoms with van der Waals surface area (Å²) in [6.07, 6.45) is -2.25. The summed E-state index contributed by atoms with van der Waals surface area (Å²) < 4.78 is 43.1. The van der Waals surface area contributed by atoms with E-state index in [0.717, 1.165) is 6.20 Å². The van der Waals surface area contributed by atoms with E-state index in [-0.39, 0.29) is 24.3 Å². The summed E-state index contributed by atoms with van der Waals surface area (Å²) in [6.45, 7) is 3.02. The molecular weight excluding hydrogens is 235 g/mol. The van der Waals surface area contributed by atoms with Gasteiger partial charge in [-0.25, -0.2) is 13.2 Å². The topological polar surface area (TPSA) is 39.2 Å². The van der Waals surface area contributed by atoms with Crippen molar-refractivity contribution in [1.82, 2.24) is 4.98 Å². The van der Waals surface area contributed by atoms with Crippen molar-refractivity contribution in [3.63, 3.8) is 0 Å². The molecule has 0 fully saturated rings. The number of carbonyl (C=O) groups is 1. The van der Waals surface area contributed by atoms with Crippen molar-refractivity contribution >= 4 is 5.97 Å². The quantitative estimate of drug-likeness (QED) is 0.767. The second-order valence-electron chi connectivity index (χ2n) is 3.38. The summed E-state index contributed by atoms with van der Waals surface area (Å²) in [5, 5.41) is 0. The van der Waals surface area contributed by atoms with E-state index in [1.807, 2.05) is 0 Å². The Morgan fingerprint density at radius 2 is 2.18 bits per heavy atom. The molecule has 0 aliphatic carbocycles. The first-order chi connectivity index (χ1) is 7.97. The van der Waals surface area contributed by atoms with Gasteiger partial charge in [0.25, 0.3) is 6.43 Å². The highest BCUT2D eigenvalue weighted by atomic mass is 19.3. The Morgan fingerprint density at radius 1 is 1.53 bits per heavy atom. The van der Waals surface area contributed by atoms with Crippen LogP contribution in [0.25, 0.3) is 0 Å². The molecule has 0 unspecified atom stereocenters. The van der Waals surface area contributed by atoms with Crippen molar-refractivity contribution < 1.29 is 22.7 Å². The Morgan fingerprint density at radius 3 is 2.71 bits per heavy atom. The van der Waals surface area contributed by atoms with Gasteiger partial charge in [-0.05, 0) is 19.4 Å². The van der Waals surface area contributed by atoms with Crippen LogP contribution in [0, 0.1) is 12.7 Å². The maximum Gasteiger partial charge on any atom is 0.311 e. The molecule has 1 rings (SSSR count). The van der Waals surface area contributed by atoms with Crippen molar-refractivity contribution in [1.29, 1.82) is 0 Å². The molecule has 3 nitrogen and oxygen atoms in total. The number of ether oxygens (including phenoxy) is 1. The van der Waals surface area contributed by atoms with Gasteiger partial charge in [-0.1, -0.05) is 0 Å². The Balaban J connectivity index is 2.96. The predicted octanol–water partition coefficient (Wildman–Crippen LogP) is 2.57. The van der Waals surface area contributed by atoms with Crippen LogP contribution in [0.1, 0.15) is 30.2 Å². The molecule has 1 heterocycles. The first kappa shape index (κ1) is 13.5. The first-order valence-electron chi connectivity index (χ1n) is 5.05. The standard InChI is InChI=1S/C11H12F3NO2/c1-3-17-9(16)4-8-10(12)6(2)7(5-15-8)11(13)14/h5,11H,3-4H2,1-2H3. The molecule has 1 aromatic heterocycles. The summed E-state index contributed by atoms with van der Waals surface area (Å²) in [5.41, 5.74) is -0.824. The fourth-order valence-corrected chi connectivity index (χ4v) is 1.34. The zero-order valence-corrected chi connectivity index (χ0v) is 9.47. The van der Waals surface area contributed by atoms with Crippen molar-refractivity contribution in [2.24, 2.45) is 0 Å². The smallest absolute Gasteiger partial charge is 0.311 e. The number of halogens is 3. The minimum Gasteiger partial charge on any atom is -0.466 e. The van der Waals surface area contributed by atoms with Crippen molar-refractivity contribution in [2.45, 2.75) is 26.7 Å². The number of alkyl halides is 2. The number of nitrogens with zero attached hydrogens (tertiary/aromatic N) is 1. The van der Waals surface area contributed by atoms with Gasteiger partial charge in [0.15, 0.2) is 0 Å². The van der Waals surface area contributed by atoms with E-state index in [1.165, 1.54) is 6.92 Å². The molecule has 6 heteroatoms. The first-order valence-corrected chi connectivity index (χ1v) is 5.05. The van der Waals surface area contributed by atoms with E-state index in [4.69, 9.17) is 0 Å². The van der Waals surface area contributed by atoms with Crippen LogP contribution in [0.4, 0.5) is 13.2 Å². The van der Waals surface area contributed by atoms with Gasteiger partial charge in [-0.2, -0.15) is 0 Å². The third kappa shape index (κ3) is 3.18. The normalized spacial score (nSPS) is 10.7. The van der Waals surface area contributed by atoms with Gasteiger partial charge in [-0.15, -0.1) is 0 Å². The van der Waals surface area contributed by atoms with Gasteiger partial charge in [0, 0.05) is 11.8 Å². The van der Waals surface area contributed by atoms with E-state index in [2.05, 4.69) is 9.72 Å². The number of pyridine rings is 1. The minimum atomic E-state index is -2.78. The number of hydrogen-bond donors (Lipinski definition) is 0. The number of esters is 1. The highest BCUT2D eigenvalue weighted by Gasteiger charge is 2.19. The van der Waals surface area contributed by atoms with Crippen LogP contribution in [0.15, 0.2) is 6.20 Å². The molecule has 0 N–H and O–H groups in total. The molecule has 0 atom stereocenters. The summed E-state index contributed by atoms with van der Waals surface area (Å²) in [4.78, 5) is 14.6. The summed E-state index contributed by atoms with van der Waals surface area (Å²) in [5.74, 6) is -1.51. The van der Waals surface area contributed by atoms with Gasteiger partial charge >= 0.3 is 5.97 Å². The van der Waals surface area contributed by atoms with Gasteiger partial charge in [0.05, 0.1) is 18.7 Å². The molecule has 0 spiro atoms. The number of carbonyl (C=O) groups excluding carboxylic acids is 1. The number of rotatable bonds is 4. The van der Waals surface area contributed by atoms with Crippen LogP contribution in [-0.2, 0) is 16.0 Å².